The lowest BCUT2D eigenvalue weighted by molar-refractivity contribution is -0.384. The number of amides is 1. The van der Waals surface area contributed by atoms with Gasteiger partial charge >= 0.3 is 12.1 Å². The van der Waals surface area contributed by atoms with E-state index < -0.39 is 29.1 Å². The van der Waals surface area contributed by atoms with Crippen LogP contribution in [0.1, 0.15) is 20.8 Å². The van der Waals surface area contributed by atoms with Gasteiger partial charge in [-0.25, -0.2) is 9.59 Å². The van der Waals surface area contributed by atoms with Crippen LogP contribution in [0.5, 0.6) is 5.75 Å². The Morgan fingerprint density at radius 3 is 2.57 bits per heavy atom. The van der Waals surface area contributed by atoms with E-state index in [2.05, 4.69) is 5.32 Å². The topological polar surface area (TPSA) is 108 Å². The quantitative estimate of drug-likeness (QED) is 0.394. The van der Waals surface area contributed by atoms with Crippen molar-refractivity contribution >= 4 is 17.7 Å². The first-order valence-electron chi connectivity index (χ1n) is 6.09. The molecule has 0 heterocycles. The van der Waals surface area contributed by atoms with Crippen molar-refractivity contribution in [2.24, 2.45) is 0 Å². The van der Waals surface area contributed by atoms with Crippen LogP contribution in [-0.2, 0) is 9.53 Å². The minimum atomic E-state index is -0.763. The molecule has 0 fully saturated rings. The van der Waals surface area contributed by atoms with Crippen molar-refractivity contribution in [3.8, 4) is 5.75 Å². The van der Waals surface area contributed by atoms with Gasteiger partial charge in [-0.15, -0.1) is 0 Å². The van der Waals surface area contributed by atoms with E-state index >= 15 is 0 Å². The molecule has 114 valence electrons. The number of carbonyl (C=O) groups excluding carboxylic acids is 2. The Kier molecular flexibility index (Phi) is 5.23. The second-order valence-electron chi connectivity index (χ2n) is 5.08. The van der Waals surface area contributed by atoms with Crippen LogP contribution in [0.4, 0.5) is 10.5 Å². The van der Waals surface area contributed by atoms with Crippen LogP contribution in [0.15, 0.2) is 24.3 Å². The molecule has 21 heavy (non-hydrogen) atoms. The number of nitrogens with one attached hydrogen (secondary N) is 1. The molecule has 0 spiro atoms. The average Bonchev–Trinajstić information content (AvgIpc) is 2.34. The van der Waals surface area contributed by atoms with Gasteiger partial charge in [0, 0.05) is 6.07 Å². The Hall–Kier alpha value is -2.64. The van der Waals surface area contributed by atoms with Gasteiger partial charge in [-0.2, -0.15) is 0 Å². The minimum absolute atomic E-state index is 0.0280. The van der Waals surface area contributed by atoms with Gasteiger partial charge in [0.2, 0.25) is 0 Å². The number of nitrogens with zero attached hydrogens (tertiary/aromatic N) is 1. The second kappa shape index (κ2) is 6.69. The SMILES string of the molecule is CC(C)(C)OC(=O)NCC(=O)Oc1cccc([N+](=O)[O-])c1. The number of ether oxygens (including phenoxy) is 2. The zero-order chi connectivity index (χ0) is 16.0. The fraction of sp³-hybridized carbons (Fsp3) is 0.385. The predicted molar refractivity (Wildman–Crippen MR) is 73.0 cm³/mol. The number of nitro benzene ring substituents is 1. The lowest BCUT2D eigenvalue weighted by atomic mass is 10.2. The van der Waals surface area contributed by atoms with E-state index in [4.69, 9.17) is 9.47 Å². The molecule has 8 heteroatoms. The zero-order valence-corrected chi connectivity index (χ0v) is 11.9. The van der Waals surface area contributed by atoms with Crippen LogP contribution in [-0.4, -0.2) is 29.1 Å². The van der Waals surface area contributed by atoms with Crippen molar-refractivity contribution in [3.63, 3.8) is 0 Å². The monoisotopic (exact) mass is 296 g/mol. The fourth-order valence-electron chi connectivity index (χ4n) is 1.29. The summed E-state index contributed by atoms with van der Waals surface area (Å²) in [6, 6.07) is 5.18. The number of alkyl carbamates (subject to hydrolysis) is 1. The van der Waals surface area contributed by atoms with Gasteiger partial charge in [-0.1, -0.05) is 6.07 Å². The molecule has 1 rings (SSSR count). The maximum absolute atomic E-state index is 11.5. The van der Waals surface area contributed by atoms with Gasteiger partial charge in [-0.3, -0.25) is 10.1 Å². The van der Waals surface area contributed by atoms with E-state index in [0.717, 1.165) is 6.07 Å². The van der Waals surface area contributed by atoms with E-state index in [-0.39, 0.29) is 11.4 Å². The molecule has 1 amide bonds. The summed E-state index contributed by atoms with van der Waals surface area (Å²) in [6.45, 7) is 4.66. The molecule has 0 saturated carbocycles. The molecule has 8 nitrogen and oxygen atoms in total. The Morgan fingerprint density at radius 2 is 2.00 bits per heavy atom. The van der Waals surface area contributed by atoms with Crippen LogP contribution in [0.25, 0.3) is 0 Å². The zero-order valence-electron chi connectivity index (χ0n) is 11.9. The van der Waals surface area contributed by atoms with Crippen LogP contribution in [0.2, 0.25) is 0 Å². The third kappa shape index (κ3) is 6.37. The van der Waals surface area contributed by atoms with E-state index in [1.54, 1.807) is 20.8 Å². The van der Waals surface area contributed by atoms with Crippen molar-refractivity contribution in [3.05, 3.63) is 34.4 Å². The summed E-state index contributed by atoms with van der Waals surface area (Å²) in [6.07, 6.45) is -0.751. The van der Waals surface area contributed by atoms with Crippen molar-refractivity contribution in [1.82, 2.24) is 5.32 Å². The van der Waals surface area contributed by atoms with Gasteiger partial charge in [-0.05, 0) is 26.8 Å². The number of esters is 1. The normalized spacial score (nSPS) is 10.6. The molecule has 0 unspecified atom stereocenters. The number of hydrogen-bond acceptors (Lipinski definition) is 6. The Balaban J connectivity index is 2.49. The van der Waals surface area contributed by atoms with E-state index in [1.807, 2.05) is 0 Å². The standard InChI is InChI=1S/C13H16N2O6/c1-13(2,3)21-12(17)14-8-11(16)20-10-6-4-5-9(7-10)15(18)19/h4-7H,8H2,1-3H3,(H,14,17). The first-order chi connectivity index (χ1) is 9.67. The number of nitro groups is 1. The number of benzene rings is 1. The molecule has 0 radical (unpaired) electrons. The summed E-state index contributed by atoms with van der Waals surface area (Å²) in [7, 11) is 0. The minimum Gasteiger partial charge on any atom is -0.444 e. The molecule has 0 aliphatic carbocycles. The molecular formula is C13H16N2O6. The smallest absolute Gasteiger partial charge is 0.408 e. The average molecular weight is 296 g/mol. The van der Waals surface area contributed by atoms with Crippen molar-refractivity contribution < 1.29 is 24.0 Å². The van der Waals surface area contributed by atoms with Crippen LogP contribution in [0, 0.1) is 10.1 Å². The second-order valence-corrected chi connectivity index (χ2v) is 5.08. The van der Waals surface area contributed by atoms with Gasteiger partial charge in [0.1, 0.15) is 17.9 Å². The molecule has 0 aliphatic heterocycles. The molecule has 0 aromatic heterocycles. The third-order valence-corrected chi connectivity index (χ3v) is 2.04. The summed E-state index contributed by atoms with van der Waals surface area (Å²) in [5, 5.41) is 12.8. The highest BCUT2D eigenvalue weighted by Gasteiger charge is 2.17. The third-order valence-electron chi connectivity index (χ3n) is 2.04. The van der Waals surface area contributed by atoms with E-state index in [1.165, 1.54) is 18.2 Å². The lowest BCUT2D eigenvalue weighted by Gasteiger charge is -2.19. The summed E-state index contributed by atoms with van der Waals surface area (Å²) in [4.78, 5) is 32.8. The number of carbonyl (C=O) groups is 2. The molecule has 1 aromatic rings. The molecule has 0 saturated heterocycles. The van der Waals surface area contributed by atoms with Gasteiger partial charge < -0.3 is 14.8 Å². The van der Waals surface area contributed by atoms with Gasteiger partial charge in [0.05, 0.1) is 11.0 Å². The maximum atomic E-state index is 11.5. The highest BCUT2D eigenvalue weighted by atomic mass is 16.6. The molecular weight excluding hydrogens is 280 g/mol. The Morgan fingerprint density at radius 1 is 1.33 bits per heavy atom. The molecule has 1 N–H and O–H groups in total. The van der Waals surface area contributed by atoms with Crippen LogP contribution >= 0.6 is 0 Å². The first kappa shape index (κ1) is 16.4. The first-order valence-corrected chi connectivity index (χ1v) is 6.09. The number of non-ortho nitro benzene ring substituents is 1. The summed E-state index contributed by atoms with van der Waals surface area (Å²) < 4.78 is 9.81. The van der Waals surface area contributed by atoms with Crippen molar-refractivity contribution in [2.75, 3.05) is 6.54 Å². The van der Waals surface area contributed by atoms with Crippen molar-refractivity contribution in [2.45, 2.75) is 26.4 Å². The molecule has 1 aromatic carbocycles. The van der Waals surface area contributed by atoms with Gasteiger partial charge in [0.25, 0.3) is 5.69 Å². The van der Waals surface area contributed by atoms with Crippen LogP contribution in [0.3, 0.4) is 0 Å². The molecule has 0 bridgehead atoms. The highest BCUT2D eigenvalue weighted by Crippen LogP contribution is 2.19. The fourth-order valence-corrected chi connectivity index (χ4v) is 1.29. The Labute approximate surface area is 121 Å². The lowest BCUT2D eigenvalue weighted by Crippen LogP contribution is -2.36. The van der Waals surface area contributed by atoms with Crippen molar-refractivity contribution in [1.29, 1.82) is 0 Å². The highest BCUT2D eigenvalue weighted by molar-refractivity contribution is 5.79. The van der Waals surface area contributed by atoms with E-state index in [0.29, 0.717) is 0 Å². The Bertz CT molecular complexity index is 550. The maximum Gasteiger partial charge on any atom is 0.408 e. The van der Waals surface area contributed by atoms with Gasteiger partial charge in [0.15, 0.2) is 0 Å². The summed E-state index contributed by atoms with van der Waals surface area (Å²) in [5.41, 5.74) is -0.867. The molecule has 0 atom stereocenters. The van der Waals surface area contributed by atoms with E-state index in [9.17, 15) is 19.7 Å². The number of hydrogen-bond donors (Lipinski definition) is 1. The summed E-state index contributed by atoms with van der Waals surface area (Å²) >= 11 is 0. The largest absolute Gasteiger partial charge is 0.444 e. The predicted octanol–water partition coefficient (Wildman–Crippen LogP) is 2.02. The molecule has 0 aliphatic rings. The van der Waals surface area contributed by atoms with Crippen LogP contribution < -0.4 is 10.1 Å². The number of rotatable bonds is 4. The summed E-state index contributed by atoms with van der Waals surface area (Å²) in [5.74, 6) is -0.735.